The molecular formula is C19H17BrClN3O. The molecule has 0 aliphatic heterocycles. The Bertz CT molecular complexity index is 1070. The number of aromatic nitrogens is 2. The van der Waals surface area contributed by atoms with Gasteiger partial charge in [-0.15, -0.1) is 0 Å². The van der Waals surface area contributed by atoms with E-state index in [2.05, 4.69) is 56.3 Å². The van der Waals surface area contributed by atoms with Crippen molar-refractivity contribution in [3.8, 4) is 11.6 Å². The van der Waals surface area contributed by atoms with E-state index >= 15 is 0 Å². The number of rotatable bonds is 4. The van der Waals surface area contributed by atoms with Crippen molar-refractivity contribution in [3.05, 3.63) is 51.5 Å². The van der Waals surface area contributed by atoms with Gasteiger partial charge in [0.25, 0.3) is 0 Å². The van der Waals surface area contributed by atoms with E-state index in [1.807, 2.05) is 19.2 Å². The Kier molecular flexibility index (Phi) is 4.31. The summed E-state index contributed by atoms with van der Waals surface area (Å²) in [5.41, 5.74) is 4.66. The summed E-state index contributed by atoms with van der Waals surface area (Å²) in [5, 5.41) is 5.12. The zero-order valence-corrected chi connectivity index (χ0v) is 16.2. The van der Waals surface area contributed by atoms with Crippen LogP contribution < -0.4 is 5.32 Å². The average Bonchev–Trinajstić information content (AvgIpc) is 3.15. The van der Waals surface area contributed by atoms with Crippen LogP contribution in [-0.2, 0) is 6.42 Å². The van der Waals surface area contributed by atoms with Gasteiger partial charge in [-0.1, -0.05) is 33.6 Å². The minimum Gasteiger partial charge on any atom is -0.435 e. The molecule has 6 heteroatoms. The van der Waals surface area contributed by atoms with Crippen LogP contribution in [-0.4, -0.2) is 23.1 Å². The molecule has 0 aliphatic carbocycles. The minimum absolute atomic E-state index is 0.334. The summed E-state index contributed by atoms with van der Waals surface area (Å²) < 4.78 is 7.02. The molecule has 0 spiro atoms. The highest BCUT2D eigenvalue weighted by atomic mass is 79.9. The molecule has 2 heterocycles. The zero-order chi connectivity index (χ0) is 17.6. The summed E-state index contributed by atoms with van der Waals surface area (Å²) in [6.45, 7) is 2.16. The smallest absolute Gasteiger partial charge is 0.244 e. The highest BCUT2D eigenvalue weighted by Crippen LogP contribution is 2.34. The predicted molar refractivity (Wildman–Crippen MR) is 106 cm³/mol. The molecule has 0 radical (unpaired) electrons. The molecule has 1 unspecified atom stereocenters. The minimum atomic E-state index is 0.334. The van der Waals surface area contributed by atoms with Crippen LogP contribution in [0.25, 0.3) is 33.6 Å². The van der Waals surface area contributed by atoms with Crippen molar-refractivity contribution in [2.75, 3.05) is 7.05 Å². The fourth-order valence-corrected chi connectivity index (χ4v) is 3.56. The average molecular weight is 419 g/mol. The molecule has 0 saturated heterocycles. The third-order valence-corrected chi connectivity index (χ3v) is 5.16. The van der Waals surface area contributed by atoms with E-state index in [0.717, 1.165) is 27.6 Å². The Morgan fingerprint density at radius 3 is 2.92 bits per heavy atom. The van der Waals surface area contributed by atoms with E-state index in [0.29, 0.717) is 22.5 Å². The molecule has 4 nitrogen and oxygen atoms in total. The van der Waals surface area contributed by atoms with Crippen molar-refractivity contribution in [1.82, 2.24) is 15.3 Å². The van der Waals surface area contributed by atoms with Crippen LogP contribution in [0.2, 0.25) is 5.02 Å². The second kappa shape index (κ2) is 6.48. The summed E-state index contributed by atoms with van der Waals surface area (Å²) in [5.74, 6) is 0.586. The van der Waals surface area contributed by atoms with Gasteiger partial charge in [0, 0.05) is 32.5 Å². The molecule has 2 aromatic heterocycles. The van der Waals surface area contributed by atoms with E-state index in [1.165, 1.54) is 10.9 Å². The van der Waals surface area contributed by atoms with Crippen LogP contribution in [0.15, 0.2) is 45.3 Å². The molecule has 1 atom stereocenters. The maximum Gasteiger partial charge on any atom is 0.244 e. The lowest BCUT2D eigenvalue weighted by molar-refractivity contribution is 0.601. The van der Waals surface area contributed by atoms with Crippen LogP contribution in [0.1, 0.15) is 12.5 Å². The molecule has 2 aromatic carbocycles. The SMILES string of the molecule is CNC(C)Cc1c(-c2nc3ccc(Cl)cc3o2)[nH]c2cc(Br)ccc12. The Morgan fingerprint density at radius 2 is 2.12 bits per heavy atom. The van der Waals surface area contributed by atoms with Crippen LogP contribution in [0.5, 0.6) is 0 Å². The van der Waals surface area contributed by atoms with Crippen molar-refractivity contribution in [2.24, 2.45) is 0 Å². The Morgan fingerprint density at radius 1 is 1.28 bits per heavy atom. The van der Waals surface area contributed by atoms with Gasteiger partial charge < -0.3 is 14.7 Å². The zero-order valence-electron chi connectivity index (χ0n) is 13.9. The fourth-order valence-electron chi connectivity index (χ4n) is 3.04. The van der Waals surface area contributed by atoms with Crippen molar-refractivity contribution < 1.29 is 4.42 Å². The molecule has 0 fully saturated rings. The van der Waals surface area contributed by atoms with Gasteiger partial charge in [0.1, 0.15) is 11.2 Å². The summed E-state index contributed by atoms with van der Waals surface area (Å²) in [7, 11) is 1.97. The molecule has 4 aromatic rings. The quantitative estimate of drug-likeness (QED) is 0.457. The molecular weight excluding hydrogens is 402 g/mol. The van der Waals surface area contributed by atoms with E-state index in [-0.39, 0.29) is 0 Å². The van der Waals surface area contributed by atoms with E-state index in [1.54, 1.807) is 6.07 Å². The molecule has 2 N–H and O–H groups in total. The Balaban J connectivity index is 1.93. The standard InChI is InChI=1S/C19H17BrClN3O/c1-10(22-2)7-14-13-5-3-11(20)8-16(13)23-18(14)19-24-15-6-4-12(21)9-17(15)25-19/h3-6,8-10,22-23H,7H2,1-2H3. The molecule has 0 amide bonds. The number of halogens is 2. The lowest BCUT2D eigenvalue weighted by Gasteiger charge is -2.10. The van der Waals surface area contributed by atoms with Crippen LogP contribution in [0, 0.1) is 0 Å². The van der Waals surface area contributed by atoms with Crippen molar-refractivity contribution in [1.29, 1.82) is 0 Å². The van der Waals surface area contributed by atoms with E-state index < -0.39 is 0 Å². The summed E-state index contributed by atoms with van der Waals surface area (Å²) in [6, 6.07) is 12.1. The maximum atomic E-state index is 6.07. The van der Waals surface area contributed by atoms with Gasteiger partial charge in [0.15, 0.2) is 5.58 Å². The summed E-state index contributed by atoms with van der Waals surface area (Å²) in [6.07, 6.45) is 0.868. The summed E-state index contributed by atoms with van der Waals surface area (Å²) in [4.78, 5) is 8.13. The second-order valence-electron chi connectivity index (χ2n) is 6.19. The van der Waals surface area contributed by atoms with Crippen LogP contribution in [0.4, 0.5) is 0 Å². The van der Waals surface area contributed by atoms with E-state index in [9.17, 15) is 0 Å². The van der Waals surface area contributed by atoms with Crippen LogP contribution in [0.3, 0.4) is 0 Å². The third-order valence-electron chi connectivity index (χ3n) is 4.44. The highest BCUT2D eigenvalue weighted by molar-refractivity contribution is 9.10. The number of likely N-dealkylation sites (N-methyl/N-ethyl adjacent to an activating group) is 1. The van der Waals surface area contributed by atoms with Crippen LogP contribution >= 0.6 is 27.5 Å². The molecule has 0 aliphatic rings. The van der Waals surface area contributed by atoms with Gasteiger partial charge in [-0.25, -0.2) is 4.98 Å². The van der Waals surface area contributed by atoms with Gasteiger partial charge in [-0.2, -0.15) is 0 Å². The lowest BCUT2D eigenvalue weighted by Crippen LogP contribution is -2.23. The molecule has 4 rings (SSSR count). The number of nitrogens with one attached hydrogen (secondary N) is 2. The monoisotopic (exact) mass is 417 g/mol. The lowest BCUT2D eigenvalue weighted by atomic mass is 10.0. The fraction of sp³-hybridized carbons (Fsp3) is 0.211. The third kappa shape index (κ3) is 3.08. The van der Waals surface area contributed by atoms with Gasteiger partial charge in [-0.05, 0) is 50.2 Å². The number of hydrogen-bond donors (Lipinski definition) is 2. The highest BCUT2D eigenvalue weighted by Gasteiger charge is 2.19. The van der Waals surface area contributed by atoms with Crippen molar-refractivity contribution in [2.45, 2.75) is 19.4 Å². The molecule has 0 saturated carbocycles. The number of fused-ring (bicyclic) bond motifs is 2. The molecule has 25 heavy (non-hydrogen) atoms. The van der Waals surface area contributed by atoms with Crippen molar-refractivity contribution >= 4 is 49.5 Å². The maximum absolute atomic E-state index is 6.07. The van der Waals surface area contributed by atoms with Gasteiger partial charge in [0.05, 0.1) is 0 Å². The van der Waals surface area contributed by atoms with Gasteiger partial charge in [0.2, 0.25) is 5.89 Å². The Labute approximate surface area is 158 Å². The predicted octanol–water partition coefficient (Wildman–Crippen LogP) is 5.54. The molecule has 0 bridgehead atoms. The number of H-pyrrole nitrogens is 1. The first-order valence-corrected chi connectivity index (χ1v) is 9.26. The number of oxazole rings is 1. The largest absolute Gasteiger partial charge is 0.435 e. The first-order valence-electron chi connectivity index (χ1n) is 8.09. The Hall–Kier alpha value is -1.82. The van der Waals surface area contributed by atoms with Gasteiger partial charge in [-0.3, -0.25) is 0 Å². The van der Waals surface area contributed by atoms with Crippen molar-refractivity contribution in [3.63, 3.8) is 0 Å². The number of nitrogens with zero attached hydrogens (tertiary/aromatic N) is 1. The number of hydrogen-bond acceptors (Lipinski definition) is 3. The number of benzene rings is 2. The first-order chi connectivity index (χ1) is 12.0. The molecule has 128 valence electrons. The normalized spacial score (nSPS) is 13.0. The first kappa shape index (κ1) is 16.6. The van der Waals surface area contributed by atoms with E-state index in [4.69, 9.17) is 16.0 Å². The topological polar surface area (TPSA) is 53.9 Å². The second-order valence-corrected chi connectivity index (χ2v) is 7.55. The van der Waals surface area contributed by atoms with Gasteiger partial charge >= 0.3 is 0 Å². The number of aromatic amines is 1. The summed E-state index contributed by atoms with van der Waals surface area (Å²) >= 11 is 9.60.